The van der Waals surface area contributed by atoms with Crippen molar-refractivity contribution in [3.63, 3.8) is 0 Å². The maximum absolute atomic E-state index is 13.5. The van der Waals surface area contributed by atoms with Crippen LogP contribution in [0, 0.1) is 17.2 Å². The third kappa shape index (κ3) is 5.78. The highest BCUT2D eigenvalue weighted by molar-refractivity contribution is 5.83. The number of hydrogen-bond donors (Lipinski definition) is 0. The Hall–Kier alpha value is -3.60. The first-order chi connectivity index (χ1) is 17.3. The molecule has 2 fully saturated rings. The lowest BCUT2D eigenvalue weighted by Crippen LogP contribution is -2.49. The summed E-state index contributed by atoms with van der Waals surface area (Å²) in [6, 6.07) is 1.58. The first-order valence-corrected chi connectivity index (χ1v) is 11.6. The predicted octanol–water partition coefficient (Wildman–Crippen LogP) is 1.88. The number of amides is 2. The minimum Gasteiger partial charge on any atom is -0.379 e. The standard InChI is InChI=1S/C22H25F3N8O3/c23-22(24,25)20-17(12-29-30-21(20)35)33-4-1-2-16(33)14-36-9-3-19(34)32-7-5-31(6-8-32)18-13-27-15(10-26)11-28-18/h11-13,16,20H,1-9,14H2/t16-,20?/m0/s1. The molecule has 4 heterocycles. The van der Waals surface area contributed by atoms with Crippen molar-refractivity contribution in [1.29, 1.82) is 5.26 Å². The van der Waals surface area contributed by atoms with Gasteiger partial charge in [-0.2, -0.15) is 23.5 Å². The molecule has 0 saturated carbocycles. The van der Waals surface area contributed by atoms with Crippen LogP contribution < -0.4 is 4.90 Å². The summed E-state index contributed by atoms with van der Waals surface area (Å²) in [6.07, 6.45) is 0.629. The van der Waals surface area contributed by atoms with E-state index in [0.717, 1.165) is 6.20 Å². The summed E-state index contributed by atoms with van der Waals surface area (Å²) in [5.41, 5.74) is 0.0393. The number of carbonyl (C=O) groups is 2. The van der Waals surface area contributed by atoms with Crippen LogP contribution in [0.15, 0.2) is 34.5 Å². The zero-order chi connectivity index (χ0) is 25.7. The van der Waals surface area contributed by atoms with Crippen LogP contribution in [-0.2, 0) is 14.3 Å². The van der Waals surface area contributed by atoms with Crippen molar-refractivity contribution < 1.29 is 27.5 Å². The van der Waals surface area contributed by atoms with Crippen molar-refractivity contribution in [2.45, 2.75) is 31.5 Å². The van der Waals surface area contributed by atoms with E-state index in [1.54, 1.807) is 4.90 Å². The molecule has 0 bridgehead atoms. The van der Waals surface area contributed by atoms with Gasteiger partial charge in [-0.05, 0) is 12.8 Å². The minimum atomic E-state index is -4.75. The van der Waals surface area contributed by atoms with Gasteiger partial charge in [-0.25, -0.2) is 9.97 Å². The fourth-order valence-electron chi connectivity index (χ4n) is 4.56. The molecule has 0 radical (unpaired) electrons. The Morgan fingerprint density at radius 1 is 1.17 bits per heavy atom. The second-order valence-corrected chi connectivity index (χ2v) is 8.64. The lowest BCUT2D eigenvalue weighted by Gasteiger charge is -2.35. The minimum absolute atomic E-state index is 0.0676. The number of alkyl halides is 3. The molecule has 14 heteroatoms. The summed E-state index contributed by atoms with van der Waals surface area (Å²) >= 11 is 0. The van der Waals surface area contributed by atoms with E-state index in [0.29, 0.717) is 51.4 Å². The lowest BCUT2D eigenvalue weighted by atomic mass is 10.0. The molecule has 11 nitrogen and oxygen atoms in total. The molecule has 1 unspecified atom stereocenters. The molecule has 2 atom stereocenters. The van der Waals surface area contributed by atoms with Crippen molar-refractivity contribution in [2.24, 2.45) is 16.1 Å². The third-order valence-corrected chi connectivity index (χ3v) is 6.40. The van der Waals surface area contributed by atoms with E-state index >= 15 is 0 Å². The van der Waals surface area contributed by atoms with Gasteiger partial charge in [0.25, 0.3) is 5.91 Å². The number of anilines is 1. The number of likely N-dealkylation sites (tertiary alicyclic amines) is 1. The third-order valence-electron chi connectivity index (χ3n) is 6.40. The fraction of sp³-hybridized carbons (Fsp3) is 0.591. The molecule has 0 aromatic carbocycles. The van der Waals surface area contributed by atoms with Gasteiger partial charge in [0.15, 0.2) is 11.6 Å². The first-order valence-electron chi connectivity index (χ1n) is 11.6. The number of carbonyl (C=O) groups excluding carboxylic acids is 2. The van der Waals surface area contributed by atoms with Gasteiger partial charge in [0, 0.05) is 32.7 Å². The van der Waals surface area contributed by atoms with Crippen LogP contribution in [0.5, 0.6) is 0 Å². The molecule has 2 saturated heterocycles. The smallest absolute Gasteiger partial charge is 0.379 e. The molecule has 0 N–H and O–H groups in total. The zero-order valence-electron chi connectivity index (χ0n) is 19.4. The number of rotatable bonds is 7. The number of azo groups is 1. The Morgan fingerprint density at radius 3 is 2.61 bits per heavy atom. The summed E-state index contributed by atoms with van der Waals surface area (Å²) in [7, 11) is 0. The van der Waals surface area contributed by atoms with Crippen molar-refractivity contribution >= 4 is 17.6 Å². The molecule has 192 valence electrons. The number of nitrogens with zero attached hydrogens (tertiary/aromatic N) is 8. The van der Waals surface area contributed by atoms with Crippen LogP contribution in [0.1, 0.15) is 25.0 Å². The van der Waals surface area contributed by atoms with Crippen molar-refractivity contribution in [3.8, 4) is 6.07 Å². The van der Waals surface area contributed by atoms with Gasteiger partial charge in [-0.15, -0.1) is 5.11 Å². The Kier molecular flexibility index (Phi) is 7.78. The fourth-order valence-corrected chi connectivity index (χ4v) is 4.56. The van der Waals surface area contributed by atoms with Gasteiger partial charge in [0.05, 0.1) is 50.0 Å². The topological polar surface area (TPSA) is 127 Å². The van der Waals surface area contributed by atoms with Crippen molar-refractivity contribution in [1.82, 2.24) is 19.8 Å². The SMILES string of the molecule is N#Cc1cnc(N2CCN(C(=O)CCOC[C@@H]3CCCN3C3=CN=NC(=O)C3C(F)(F)F)CC2)cn1. The Labute approximate surface area is 205 Å². The number of halogens is 3. The van der Waals surface area contributed by atoms with Gasteiger partial charge < -0.3 is 19.4 Å². The van der Waals surface area contributed by atoms with Crippen LogP contribution in [0.3, 0.4) is 0 Å². The zero-order valence-corrected chi connectivity index (χ0v) is 19.4. The molecular formula is C22H25F3N8O3. The monoisotopic (exact) mass is 506 g/mol. The highest BCUT2D eigenvalue weighted by Crippen LogP contribution is 2.39. The molecule has 2 amide bonds. The van der Waals surface area contributed by atoms with Gasteiger partial charge in [0.1, 0.15) is 11.9 Å². The van der Waals surface area contributed by atoms with Gasteiger partial charge in [-0.3, -0.25) is 9.59 Å². The summed E-state index contributed by atoms with van der Waals surface area (Å²) in [4.78, 5) is 37.8. The highest BCUT2D eigenvalue weighted by Gasteiger charge is 2.51. The number of hydrogen-bond acceptors (Lipinski definition) is 9. The summed E-state index contributed by atoms with van der Waals surface area (Å²) in [6.45, 7) is 2.82. The molecule has 1 aromatic heterocycles. The van der Waals surface area contributed by atoms with Crippen molar-refractivity contribution in [3.05, 3.63) is 30.0 Å². The Morgan fingerprint density at radius 2 is 1.94 bits per heavy atom. The second-order valence-electron chi connectivity index (χ2n) is 8.64. The van der Waals surface area contributed by atoms with Crippen molar-refractivity contribution in [2.75, 3.05) is 50.8 Å². The molecule has 1 aromatic rings. The van der Waals surface area contributed by atoms with Crippen LogP contribution in [0.4, 0.5) is 19.0 Å². The van der Waals surface area contributed by atoms with E-state index in [-0.39, 0.29) is 43.0 Å². The lowest BCUT2D eigenvalue weighted by molar-refractivity contribution is -0.177. The molecule has 36 heavy (non-hydrogen) atoms. The maximum Gasteiger partial charge on any atom is 0.406 e. The number of piperazine rings is 1. The van der Waals surface area contributed by atoms with E-state index in [1.165, 1.54) is 17.3 Å². The van der Waals surface area contributed by atoms with Crippen LogP contribution in [0.2, 0.25) is 0 Å². The van der Waals surface area contributed by atoms with Crippen LogP contribution in [0.25, 0.3) is 0 Å². The number of nitriles is 1. The normalized spacial score (nSPS) is 22.6. The Bertz CT molecular complexity index is 1060. The number of ether oxygens (including phenoxy) is 1. The molecule has 3 aliphatic heterocycles. The average molecular weight is 506 g/mol. The van der Waals surface area contributed by atoms with Gasteiger partial charge in [0.2, 0.25) is 5.91 Å². The molecule has 3 aliphatic rings. The molecule has 0 spiro atoms. The molecule has 4 rings (SSSR count). The van der Waals surface area contributed by atoms with E-state index in [2.05, 4.69) is 20.2 Å². The summed E-state index contributed by atoms with van der Waals surface area (Å²) in [5.74, 6) is -3.05. The quantitative estimate of drug-likeness (QED) is 0.513. The van der Waals surface area contributed by atoms with E-state index < -0.39 is 18.0 Å². The summed E-state index contributed by atoms with van der Waals surface area (Å²) < 4.78 is 46.1. The van der Waals surface area contributed by atoms with Gasteiger partial charge >= 0.3 is 6.18 Å². The van der Waals surface area contributed by atoms with E-state index in [1.807, 2.05) is 11.0 Å². The summed E-state index contributed by atoms with van der Waals surface area (Å²) in [5, 5.41) is 15.3. The largest absolute Gasteiger partial charge is 0.406 e. The average Bonchev–Trinajstić information content (AvgIpc) is 3.34. The predicted molar refractivity (Wildman–Crippen MR) is 118 cm³/mol. The highest BCUT2D eigenvalue weighted by atomic mass is 19.4. The van der Waals surface area contributed by atoms with Crippen LogP contribution >= 0.6 is 0 Å². The van der Waals surface area contributed by atoms with E-state index in [4.69, 9.17) is 10.00 Å². The van der Waals surface area contributed by atoms with E-state index in [9.17, 15) is 22.8 Å². The van der Waals surface area contributed by atoms with Gasteiger partial charge in [-0.1, -0.05) is 0 Å². The maximum atomic E-state index is 13.5. The molecule has 0 aliphatic carbocycles. The molecular weight excluding hydrogens is 481 g/mol. The Balaban J connectivity index is 1.22. The number of aromatic nitrogens is 2. The second kappa shape index (κ2) is 11.0. The first kappa shape index (κ1) is 25.5. The van der Waals surface area contributed by atoms with Crippen LogP contribution in [-0.4, -0.2) is 89.7 Å².